The summed E-state index contributed by atoms with van der Waals surface area (Å²) in [6, 6.07) is 16.9. The Kier molecular flexibility index (Phi) is 3.16. The van der Waals surface area contributed by atoms with Gasteiger partial charge in [0.25, 0.3) is 0 Å². The molecule has 0 fully saturated rings. The van der Waals surface area contributed by atoms with E-state index in [1.807, 2.05) is 6.07 Å². The van der Waals surface area contributed by atoms with Gasteiger partial charge in [0.2, 0.25) is 0 Å². The number of rotatable bonds is 2. The quantitative estimate of drug-likeness (QED) is 0.798. The van der Waals surface area contributed by atoms with Crippen LogP contribution in [-0.4, -0.2) is 6.23 Å². The fourth-order valence-corrected chi connectivity index (χ4v) is 2.62. The number of para-hydroxylation sites is 1. The zero-order valence-electron chi connectivity index (χ0n) is 11.5. The van der Waals surface area contributed by atoms with Crippen molar-refractivity contribution in [2.24, 2.45) is 0 Å². The van der Waals surface area contributed by atoms with Gasteiger partial charge in [-0.3, -0.25) is 0 Å². The Bertz CT molecular complexity index is 565. The summed E-state index contributed by atoms with van der Waals surface area (Å²) in [5, 5.41) is 0. The highest BCUT2D eigenvalue weighted by molar-refractivity contribution is 5.51. The molecule has 1 atom stereocenters. The van der Waals surface area contributed by atoms with Crippen LogP contribution in [0.5, 0.6) is 5.75 Å². The van der Waals surface area contributed by atoms with Gasteiger partial charge in [0.1, 0.15) is 5.75 Å². The van der Waals surface area contributed by atoms with Crippen molar-refractivity contribution in [3.63, 3.8) is 0 Å². The van der Waals surface area contributed by atoms with Crippen molar-refractivity contribution in [3.05, 3.63) is 59.7 Å². The third-order valence-corrected chi connectivity index (χ3v) is 3.60. The second-order valence-corrected chi connectivity index (χ2v) is 5.06. The predicted molar refractivity (Wildman–Crippen MR) is 78.5 cm³/mol. The maximum Gasteiger partial charge on any atom is 0.172 e. The molecule has 98 valence electrons. The summed E-state index contributed by atoms with van der Waals surface area (Å²) in [4.78, 5) is 2.34. The molecule has 1 aliphatic heterocycles. The van der Waals surface area contributed by atoms with Gasteiger partial charge in [-0.15, -0.1) is 0 Å². The lowest BCUT2D eigenvalue weighted by Crippen LogP contribution is -2.42. The molecule has 0 aliphatic carbocycles. The first-order valence-electron chi connectivity index (χ1n) is 6.86. The summed E-state index contributed by atoms with van der Waals surface area (Å²) in [5.41, 5.74) is 3.78. The van der Waals surface area contributed by atoms with E-state index < -0.39 is 0 Å². The zero-order valence-corrected chi connectivity index (χ0v) is 11.5. The highest BCUT2D eigenvalue weighted by Crippen LogP contribution is 2.32. The van der Waals surface area contributed by atoms with Gasteiger partial charge in [-0.1, -0.05) is 42.8 Å². The first-order valence-corrected chi connectivity index (χ1v) is 6.86. The Hall–Kier alpha value is -1.96. The summed E-state index contributed by atoms with van der Waals surface area (Å²) in [6.07, 6.45) is 1.10. The van der Waals surface area contributed by atoms with E-state index in [1.165, 1.54) is 16.8 Å². The van der Waals surface area contributed by atoms with Gasteiger partial charge in [-0.05, 0) is 25.1 Å². The molecule has 1 heterocycles. The molecular weight excluding hydrogens is 234 g/mol. The number of hydrogen-bond donors (Lipinski definition) is 0. The zero-order chi connectivity index (χ0) is 13.2. The van der Waals surface area contributed by atoms with Crippen LogP contribution in [0.15, 0.2) is 48.5 Å². The maximum atomic E-state index is 6.13. The molecule has 2 nitrogen and oxygen atoms in total. The van der Waals surface area contributed by atoms with Crippen molar-refractivity contribution in [3.8, 4) is 5.75 Å². The topological polar surface area (TPSA) is 12.5 Å². The van der Waals surface area contributed by atoms with Gasteiger partial charge in [0.05, 0.1) is 6.54 Å². The smallest absolute Gasteiger partial charge is 0.172 e. The summed E-state index contributed by atoms with van der Waals surface area (Å²) in [5.74, 6) is 1.03. The lowest BCUT2D eigenvalue weighted by molar-refractivity contribution is 0.171. The van der Waals surface area contributed by atoms with E-state index in [0.717, 1.165) is 18.7 Å². The minimum Gasteiger partial charge on any atom is -0.470 e. The van der Waals surface area contributed by atoms with Crippen LogP contribution in [0.2, 0.25) is 0 Å². The third-order valence-electron chi connectivity index (χ3n) is 3.60. The second kappa shape index (κ2) is 4.96. The molecule has 1 unspecified atom stereocenters. The molecule has 19 heavy (non-hydrogen) atoms. The fourth-order valence-electron chi connectivity index (χ4n) is 2.62. The number of benzene rings is 2. The van der Waals surface area contributed by atoms with Crippen molar-refractivity contribution in [1.82, 2.24) is 0 Å². The lowest BCUT2D eigenvalue weighted by atomic mass is 10.1. The van der Waals surface area contributed by atoms with Gasteiger partial charge in [-0.25, -0.2) is 0 Å². The number of fused-ring (bicyclic) bond motifs is 1. The number of nitrogens with zero attached hydrogens (tertiary/aromatic N) is 1. The van der Waals surface area contributed by atoms with Gasteiger partial charge in [0.15, 0.2) is 6.23 Å². The second-order valence-electron chi connectivity index (χ2n) is 5.06. The van der Waals surface area contributed by atoms with Crippen LogP contribution in [0.25, 0.3) is 0 Å². The first-order chi connectivity index (χ1) is 9.28. The summed E-state index contributed by atoms with van der Waals surface area (Å²) >= 11 is 0. The van der Waals surface area contributed by atoms with Crippen LogP contribution >= 0.6 is 0 Å². The average Bonchev–Trinajstić information content (AvgIpc) is 2.46. The fraction of sp³-hybridized carbons (Fsp3) is 0.294. The van der Waals surface area contributed by atoms with Crippen LogP contribution < -0.4 is 9.64 Å². The number of hydrogen-bond acceptors (Lipinski definition) is 2. The van der Waals surface area contributed by atoms with Gasteiger partial charge >= 0.3 is 0 Å². The van der Waals surface area contributed by atoms with Gasteiger partial charge in [-0.2, -0.15) is 0 Å². The van der Waals surface area contributed by atoms with Crippen molar-refractivity contribution in [2.45, 2.75) is 33.0 Å². The first kappa shape index (κ1) is 12.1. The van der Waals surface area contributed by atoms with Gasteiger partial charge < -0.3 is 9.64 Å². The number of anilines is 1. The molecule has 2 heteroatoms. The van der Waals surface area contributed by atoms with Crippen molar-refractivity contribution >= 4 is 5.69 Å². The van der Waals surface area contributed by atoms with Crippen molar-refractivity contribution in [1.29, 1.82) is 0 Å². The third kappa shape index (κ3) is 2.30. The van der Waals surface area contributed by atoms with E-state index in [1.54, 1.807) is 0 Å². The molecule has 0 amide bonds. The molecule has 3 rings (SSSR count). The molecule has 0 saturated heterocycles. The molecule has 1 aliphatic rings. The highest BCUT2D eigenvalue weighted by atomic mass is 16.5. The van der Waals surface area contributed by atoms with E-state index >= 15 is 0 Å². The molecule has 0 spiro atoms. The average molecular weight is 253 g/mol. The Morgan fingerprint density at radius 3 is 2.68 bits per heavy atom. The molecule has 2 aromatic rings. The minimum atomic E-state index is 0.123. The van der Waals surface area contributed by atoms with E-state index in [2.05, 4.69) is 61.2 Å². The van der Waals surface area contributed by atoms with Gasteiger partial charge in [0, 0.05) is 17.7 Å². The lowest BCUT2D eigenvalue weighted by Gasteiger charge is -2.38. The van der Waals surface area contributed by atoms with Crippen LogP contribution in [0.4, 0.5) is 5.69 Å². The van der Waals surface area contributed by atoms with Crippen molar-refractivity contribution < 1.29 is 4.74 Å². The van der Waals surface area contributed by atoms with Crippen LogP contribution in [0, 0.1) is 6.92 Å². The molecular formula is C17H19NO. The van der Waals surface area contributed by atoms with Crippen LogP contribution in [-0.2, 0) is 6.54 Å². The van der Waals surface area contributed by atoms with Crippen LogP contribution in [0.3, 0.4) is 0 Å². The van der Waals surface area contributed by atoms with E-state index in [-0.39, 0.29) is 6.23 Å². The van der Waals surface area contributed by atoms with Crippen molar-refractivity contribution in [2.75, 3.05) is 4.90 Å². The molecule has 0 bridgehead atoms. The Morgan fingerprint density at radius 1 is 1.16 bits per heavy atom. The van der Waals surface area contributed by atoms with E-state index in [9.17, 15) is 0 Å². The predicted octanol–water partition coefficient (Wildman–Crippen LogP) is 4.13. The summed E-state index contributed by atoms with van der Waals surface area (Å²) in [6.45, 7) is 5.21. The SMILES string of the molecule is CCC1Oc2ccc(C)cc2CN1c1ccccc1. The highest BCUT2D eigenvalue weighted by Gasteiger charge is 2.26. The largest absolute Gasteiger partial charge is 0.470 e. The molecule has 0 N–H and O–H groups in total. The minimum absolute atomic E-state index is 0.123. The van der Waals surface area contributed by atoms with E-state index in [4.69, 9.17) is 4.74 Å². The summed E-state index contributed by atoms with van der Waals surface area (Å²) in [7, 11) is 0. The normalized spacial score (nSPS) is 17.8. The molecule has 0 saturated carbocycles. The summed E-state index contributed by atoms with van der Waals surface area (Å²) < 4.78 is 6.13. The number of aryl methyl sites for hydroxylation is 1. The Morgan fingerprint density at radius 2 is 1.95 bits per heavy atom. The standard InChI is InChI=1S/C17H19NO/c1-3-17-18(15-7-5-4-6-8-15)12-14-11-13(2)9-10-16(14)19-17/h4-11,17H,3,12H2,1-2H3. The van der Waals surface area contributed by atoms with E-state index in [0.29, 0.717) is 0 Å². The van der Waals surface area contributed by atoms with Crippen LogP contribution in [0.1, 0.15) is 24.5 Å². The molecule has 2 aromatic carbocycles. The number of ether oxygens (including phenoxy) is 1. The Balaban J connectivity index is 1.97. The molecule has 0 aromatic heterocycles. The monoisotopic (exact) mass is 253 g/mol. The maximum absolute atomic E-state index is 6.13. The molecule has 0 radical (unpaired) electrons. The Labute approximate surface area is 114 Å².